The standard InChI is InChI=1S/C12H22N2O4S/c1-4-13(5-2)11(15)12(16)14(6-3)10-7-8-19(17,18)9-10/h10H,4-9H2,1-3H3. The molecule has 0 spiro atoms. The average Bonchev–Trinajstić information content (AvgIpc) is 2.71. The first kappa shape index (κ1) is 15.9. The van der Waals surface area contributed by atoms with Crippen LogP contribution in [0.5, 0.6) is 0 Å². The lowest BCUT2D eigenvalue weighted by Crippen LogP contribution is -2.49. The van der Waals surface area contributed by atoms with E-state index in [1.165, 1.54) is 9.80 Å². The second-order valence-corrected chi connectivity index (χ2v) is 6.85. The van der Waals surface area contributed by atoms with E-state index in [0.29, 0.717) is 26.1 Å². The summed E-state index contributed by atoms with van der Waals surface area (Å²) in [6.07, 6.45) is 0.424. The zero-order chi connectivity index (χ0) is 14.6. The molecule has 0 aromatic rings. The highest BCUT2D eigenvalue weighted by atomic mass is 32.2. The highest BCUT2D eigenvalue weighted by molar-refractivity contribution is 7.91. The average molecular weight is 290 g/mol. The third kappa shape index (κ3) is 3.68. The lowest BCUT2D eigenvalue weighted by molar-refractivity contribution is -0.152. The van der Waals surface area contributed by atoms with E-state index in [9.17, 15) is 18.0 Å². The van der Waals surface area contributed by atoms with Crippen LogP contribution in [0.25, 0.3) is 0 Å². The Bertz CT molecular complexity index is 443. The van der Waals surface area contributed by atoms with Gasteiger partial charge in [0.15, 0.2) is 9.84 Å². The number of likely N-dealkylation sites (N-methyl/N-ethyl adjacent to an activating group) is 2. The van der Waals surface area contributed by atoms with Crippen LogP contribution >= 0.6 is 0 Å². The van der Waals surface area contributed by atoms with Crippen molar-refractivity contribution in [2.45, 2.75) is 33.2 Å². The maximum absolute atomic E-state index is 12.2. The van der Waals surface area contributed by atoms with Crippen LogP contribution in [0.15, 0.2) is 0 Å². The molecule has 1 saturated heterocycles. The lowest BCUT2D eigenvalue weighted by atomic mass is 10.2. The molecule has 1 fully saturated rings. The van der Waals surface area contributed by atoms with Crippen molar-refractivity contribution in [2.24, 2.45) is 0 Å². The SMILES string of the molecule is CCN(CC)C(=O)C(=O)N(CC)C1CCS(=O)(=O)C1. The van der Waals surface area contributed by atoms with Gasteiger partial charge in [0.1, 0.15) is 0 Å². The Kier molecular flexibility index (Phi) is 5.34. The Morgan fingerprint density at radius 2 is 1.63 bits per heavy atom. The van der Waals surface area contributed by atoms with E-state index in [4.69, 9.17) is 0 Å². The van der Waals surface area contributed by atoms with Gasteiger partial charge in [0.25, 0.3) is 0 Å². The number of rotatable bonds is 4. The van der Waals surface area contributed by atoms with Crippen LogP contribution in [-0.4, -0.2) is 67.2 Å². The highest BCUT2D eigenvalue weighted by Gasteiger charge is 2.36. The summed E-state index contributed by atoms with van der Waals surface area (Å²) in [6.45, 7) is 6.68. The first-order chi connectivity index (χ1) is 8.86. The van der Waals surface area contributed by atoms with Crippen LogP contribution in [0.3, 0.4) is 0 Å². The smallest absolute Gasteiger partial charge is 0.312 e. The fourth-order valence-corrected chi connectivity index (χ4v) is 4.09. The molecule has 7 heteroatoms. The van der Waals surface area contributed by atoms with Crippen molar-refractivity contribution >= 4 is 21.7 Å². The molecule has 1 rings (SSSR count). The van der Waals surface area contributed by atoms with E-state index in [1.54, 1.807) is 6.92 Å². The molecule has 1 unspecified atom stereocenters. The minimum atomic E-state index is -3.06. The van der Waals surface area contributed by atoms with E-state index in [-0.39, 0.29) is 17.5 Å². The van der Waals surface area contributed by atoms with Gasteiger partial charge in [0.05, 0.1) is 11.5 Å². The summed E-state index contributed by atoms with van der Waals surface area (Å²) in [6, 6.07) is -0.359. The predicted molar refractivity (Wildman–Crippen MR) is 72.4 cm³/mol. The molecule has 0 bridgehead atoms. The Morgan fingerprint density at radius 1 is 1.05 bits per heavy atom. The highest BCUT2D eigenvalue weighted by Crippen LogP contribution is 2.18. The molecular formula is C12H22N2O4S. The fourth-order valence-electron chi connectivity index (χ4n) is 2.36. The summed E-state index contributed by atoms with van der Waals surface area (Å²) >= 11 is 0. The Balaban J connectivity index is 2.80. The van der Waals surface area contributed by atoms with Crippen molar-refractivity contribution in [1.29, 1.82) is 0 Å². The summed E-state index contributed by atoms with van der Waals surface area (Å²) < 4.78 is 22.9. The van der Waals surface area contributed by atoms with Crippen molar-refractivity contribution in [3.05, 3.63) is 0 Å². The van der Waals surface area contributed by atoms with E-state index in [2.05, 4.69) is 0 Å². The van der Waals surface area contributed by atoms with Gasteiger partial charge in [-0.3, -0.25) is 9.59 Å². The molecule has 0 radical (unpaired) electrons. The first-order valence-corrected chi connectivity index (χ1v) is 8.48. The molecule has 0 aliphatic carbocycles. The molecular weight excluding hydrogens is 268 g/mol. The molecule has 1 aliphatic heterocycles. The maximum atomic E-state index is 12.2. The van der Waals surface area contributed by atoms with E-state index in [0.717, 1.165) is 0 Å². The molecule has 6 nitrogen and oxygen atoms in total. The molecule has 1 aliphatic rings. The molecule has 110 valence electrons. The molecule has 19 heavy (non-hydrogen) atoms. The van der Waals surface area contributed by atoms with Gasteiger partial charge in [-0.2, -0.15) is 0 Å². The van der Waals surface area contributed by atoms with Crippen LogP contribution in [0.4, 0.5) is 0 Å². The third-order valence-corrected chi connectivity index (χ3v) is 5.23. The van der Waals surface area contributed by atoms with Crippen molar-refractivity contribution < 1.29 is 18.0 Å². The summed E-state index contributed by atoms with van der Waals surface area (Å²) in [7, 11) is -3.06. The van der Waals surface area contributed by atoms with Crippen LogP contribution in [-0.2, 0) is 19.4 Å². The maximum Gasteiger partial charge on any atom is 0.312 e. The summed E-state index contributed by atoms with van der Waals surface area (Å²) in [4.78, 5) is 27.0. The van der Waals surface area contributed by atoms with Gasteiger partial charge in [-0.05, 0) is 27.2 Å². The largest absolute Gasteiger partial charge is 0.335 e. The topological polar surface area (TPSA) is 74.8 Å². The molecule has 2 amide bonds. The normalized spacial score (nSPS) is 21.1. The monoisotopic (exact) mass is 290 g/mol. The number of hydrogen-bond acceptors (Lipinski definition) is 4. The van der Waals surface area contributed by atoms with Crippen LogP contribution in [0, 0.1) is 0 Å². The Labute approximate surface area is 114 Å². The fraction of sp³-hybridized carbons (Fsp3) is 0.833. The van der Waals surface area contributed by atoms with Gasteiger partial charge >= 0.3 is 11.8 Å². The number of nitrogens with zero attached hydrogens (tertiary/aromatic N) is 2. The summed E-state index contributed by atoms with van der Waals surface area (Å²) in [5.74, 6) is -1.07. The van der Waals surface area contributed by atoms with E-state index >= 15 is 0 Å². The first-order valence-electron chi connectivity index (χ1n) is 6.66. The number of sulfone groups is 1. The molecule has 0 aromatic carbocycles. The quantitative estimate of drug-likeness (QED) is 0.677. The number of hydrogen-bond donors (Lipinski definition) is 0. The minimum Gasteiger partial charge on any atom is -0.335 e. The van der Waals surface area contributed by atoms with Gasteiger partial charge in [-0.1, -0.05) is 0 Å². The van der Waals surface area contributed by atoms with Crippen molar-refractivity contribution in [3.63, 3.8) is 0 Å². The minimum absolute atomic E-state index is 0.0297. The summed E-state index contributed by atoms with van der Waals surface area (Å²) in [5, 5.41) is 0. The van der Waals surface area contributed by atoms with Crippen LogP contribution in [0.2, 0.25) is 0 Å². The van der Waals surface area contributed by atoms with Crippen molar-refractivity contribution in [3.8, 4) is 0 Å². The van der Waals surface area contributed by atoms with Gasteiger partial charge < -0.3 is 9.80 Å². The summed E-state index contributed by atoms with van der Waals surface area (Å²) in [5.41, 5.74) is 0. The lowest BCUT2D eigenvalue weighted by Gasteiger charge is -2.28. The second kappa shape index (κ2) is 6.36. The zero-order valence-corrected chi connectivity index (χ0v) is 12.6. The number of carbonyl (C=O) groups is 2. The number of carbonyl (C=O) groups excluding carboxylic acids is 2. The van der Waals surface area contributed by atoms with Gasteiger partial charge in [0, 0.05) is 25.7 Å². The molecule has 0 saturated carbocycles. The van der Waals surface area contributed by atoms with Crippen LogP contribution in [0.1, 0.15) is 27.2 Å². The van der Waals surface area contributed by atoms with Gasteiger partial charge in [0.2, 0.25) is 0 Å². The molecule has 1 heterocycles. The second-order valence-electron chi connectivity index (χ2n) is 4.63. The van der Waals surface area contributed by atoms with Crippen molar-refractivity contribution in [1.82, 2.24) is 9.80 Å². The third-order valence-electron chi connectivity index (χ3n) is 3.48. The van der Waals surface area contributed by atoms with Gasteiger partial charge in [-0.15, -0.1) is 0 Å². The Hall–Kier alpha value is -1.11. The Morgan fingerprint density at radius 3 is 2.00 bits per heavy atom. The number of amides is 2. The predicted octanol–water partition coefficient (Wildman–Crippen LogP) is -0.110. The zero-order valence-electron chi connectivity index (χ0n) is 11.8. The molecule has 0 N–H and O–H groups in total. The van der Waals surface area contributed by atoms with Gasteiger partial charge in [-0.25, -0.2) is 8.42 Å². The molecule has 1 atom stereocenters. The van der Waals surface area contributed by atoms with Crippen molar-refractivity contribution in [2.75, 3.05) is 31.1 Å². The molecule has 0 aromatic heterocycles. The van der Waals surface area contributed by atoms with Crippen LogP contribution < -0.4 is 0 Å². The van der Waals surface area contributed by atoms with E-state index in [1.807, 2.05) is 13.8 Å². The van der Waals surface area contributed by atoms with E-state index < -0.39 is 21.7 Å².